The third-order valence-electron chi connectivity index (χ3n) is 3.13. The third-order valence-corrected chi connectivity index (χ3v) is 3.13. The topological polar surface area (TPSA) is 55.6 Å². The summed E-state index contributed by atoms with van der Waals surface area (Å²) in [5.74, 6) is 0. The molecule has 5 nitrogen and oxygen atoms in total. The summed E-state index contributed by atoms with van der Waals surface area (Å²) in [6.07, 6.45) is 10.1. The van der Waals surface area contributed by atoms with Crippen LogP contribution in [0.3, 0.4) is 0 Å². The van der Waals surface area contributed by atoms with Gasteiger partial charge in [-0.1, -0.05) is 0 Å². The van der Waals surface area contributed by atoms with Gasteiger partial charge in [0.05, 0.1) is 23.4 Å². The summed E-state index contributed by atoms with van der Waals surface area (Å²) in [5.41, 5.74) is 3.17. The maximum Gasteiger partial charge on any atom is 0.0951 e. The van der Waals surface area contributed by atoms with Crippen molar-refractivity contribution in [3.05, 3.63) is 42.0 Å². The minimum absolute atomic E-state index is 0.684. The van der Waals surface area contributed by atoms with Gasteiger partial charge < -0.3 is 9.88 Å². The van der Waals surface area contributed by atoms with Crippen molar-refractivity contribution in [1.82, 2.24) is 24.8 Å². The van der Waals surface area contributed by atoms with E-state index in [1.54, 1.807) is 6.20 Å². The number of nitrogens with zero attached hydrogens (tertiary/aromatic N) is 4. The quantitative estimate of drug-likeness (QED) is 0.866. The molecular formula is C13H17N5. The molecule has 0 spiro atoms. The van der Waals surface area contributed by atoms with Crippen LogP contribution < -0.4 is 5.32 Å². The molecule has 0 radical (unpaired) electrons. The second-order valence-corrected chi connectivity index (χ2v) is 4.78. The van der Waals surface area contributed by atoms with Crippen molar-refractivity contribution in [2.24, 2.45) is 0 Å². The smallest absolute Gasteiger partial charge is 0.0951 e. The van der Waals surface area contributed by atoms with E-state index in [1.807, 2.05) is 25.6 Å². The van der Waals surface area contributed by atoms with Gasteiger partial charge in [0.1, 0.15) is 0 Å². The molecule has 94 valence electrons. The van der Waals surface area contributed by atoms with Gasteiger partial charge in [0.15, 0.2) is 0 Å². The monoisotopic (exact) mass is 243 g/mol. The lowest BCUT2D eigenvalue weighted by Gasteiger charge is -2.07. The number of hydrogen-bond donors (Lipinski definition) is 1. The summed E-state index contributed by atoms with van der Waals surface area (Å²) < 4.78 is 2.27. The molecule has 0 atom stereocenters. The zero-order valence-corrected chi connectivity index (χ0v) is 10.5. The first-order valence-corrected chi connectivity index (χ1v) is 6.32. The van der Waals surface area contributed by atoms with Crippen LogP contribution in [0.1, 0.15) is 36.0 Å². The molecule has 0 saturated heterocycles. The molecule has 1 saturated carbocycles. The molecule has 2 aromatic rings. The maximum absolute atomic E-state index is 4.32. The Hall–Kier alpha value is -1.75. The van der Waals surface area contributed by atoms with Crippen LogP contribution in [0.4, 0.5) is 0 Å². The van der Waals surface area contributed by atoms with Crippen molar-refractivity contribution < 1.29 is 0 Å². The maximum atomic E-state index is 4.32. The molecule has 18 heavy (non-hydrogen) atoms. The van der Waals surface area contributed by atoms with E-state index in [0.29, 0.717) is 6.04 Å². The molecular weight excluding hydrogens is 226 g/mol. The minimum Gasteiger partial charge on any atom is -0.330 e. The number of nitrogens with one attached hydrogen (secondary N) is 1. The molecule has 0 unspecified atom stereocenters. The zero-order valence-electron chi connectivity index (χ0n) is 10.5. The average molecular weight is 243 g/mol. The predicted octanol–water partition coefficient (Wildman–Crippen LogP) is 1.61. The van der Waals surface area contributed by atoms with Crippen LogP contribution in [0.5, 0.6) is 0 Å². The van der Waals surface area contributed by atoms with Gasteiger partial charge in [0.25, 0.3) is 0 Å². The predicted molar refractivity (Wildman–Crippen MR) is 67.8 cm³/mol. The van der Waals surface area contributed by atoms with E-state index in [9.17, 15) is 0 Å². The Balaban J connectivity index is 1.55. The van der Waals surface area contributed by atoms with Crippen molar-refractivity contribution in [2.45, 2.75) is 38.9 Å². The first-order valence-electron chi connectivity index (χ1n) is 6.32. The molecule has 1 aliphatic carbocycles. The van der Waals surface area contributed by atoms with Crippen LogP contribution in [-0.4, -0.2) is 19.5 Å². The molecule has 3 rings (SSSR count). The minimum atomic E-state index is 0.684. The Bertz CT molecular complexity index is 512. The lowest BCUT2D eigenvalue weighted by molar-refractivity contribution is 0.614. The van der Waals surface area contributed by atoms with Gasteiger partial charge in [0.2, 0.25) is 0 Å². The van der Waals surface area contributed by atoms with Gasteiger partial charge in [0, 0.05) is 37.7 Å². The molecule has 1 fully saturated rings. The molecule has 2 heterocycles. The van der Waals surface area contributed by atoms with Crippen LogP contribution in [0.25, 0.3) is 0 Å². The van der Waals surface area contributed by atoms with E-state index in [0.717, 1.165) is 24.5 Å². The first-order chi connectivity index (χ1) is 8.83. The summed E-state index contributed by atoms with van der Waals surface area (Å²) in [4.78, 5) is 12.8. The highest BCUT2D eigenvalue weighted by atomic mass is 15.1. The number of rotatable bonds is 5. The van der Waals surface area contributed by atoms with E-state index in [4.69, 9.17) is 0 Å². The second kappa shape index (κ2) is 4.86. The summed E-state index contributed by atoms with van der Waals surface area (Å²) >= 11 is 0. The van der Waals surface area contributed by atoms with Crippen LogP contribution in [0, 0.1) is 6.92 Å². The largest absolute Gasteiger partial charge is 0.330 e. The third kappa shape index (κ3) is 2.56. The molecule has 1 N–H and O–H groups in total. The van der Waals surface area contributed by atoms with Crippen molar-refractivity contribution in [1.29, 1.82) is 0 Å². The Labute approximate surface area is 106 Å². The summed E-state index contributed by atoms with van der Waals surface area (Å²) in [5, 5.41) is 3.38. The van der Waals surface area contributed by atoms with Crippen molar-refractivity contribution in [3.8, 4) is 0 Å². The average Bonchev–Trinajstić information content (AvgIpc) is 3.12. The summed E-state index contributed by atoms with van der Waals surface area (Å²) in [6, 6.07) is 0.684. The Morgan fingerprint density at radius 1 is 1.22 bits per heavy atom. The fourth-order valence-corrected chi connectivity index (χ4v) is 1.98. The Kier molecular flexibility index (Phi) is 3.06. The van der Waals surface area contributed by atoms with Crippen molar-refractivity contribution in [2.75, 3.05) is 0 Å². The van der Waals surface area contributed by atoms with Crippen LogP contribution in [-0.2, 0) is 13.1 Å². The van der Waals surface area contributed by atoms with Crippen LogP contribution in [0.2, 0.25) is 0 Å². The normalized spacial score (nSPS) is 14.9. The lowest BCUT2D eigenvalue weighted by atomic mass is 10.4. The van der Waals surface area contributed by atoms with Gasteiger partial charge >= 0.3 is 0 Å². The van der Waals surface area contributed by atoms with Gasteiger partial charge in [-0.3, -0.25) is 9.97 Å². The molecule has 0 bridgehead atoms. The van der Waals surface area contributed by atoms with E-state index in [2.05, 4.69) is 24.8 Å². The van der Waals surface area contributed by atoms with Gasteiger partial charge in [-0.2, -0.15) is 0 Å². The number of aryl methyl sites for hydroxylation is 1. The highest BCUT2D eigenvalue weighted by Crippen LogP contribution is 2.35. The number of aromatic nitrogens is 4. The molecule has 5 heteroatoms. The van der Waals surface area contributed by atoms with Crippen LogP contribution >= 0.6 is 0 Å². The van der Waals surface area contributed by atoms with Crippen molar-refractivity contribution >= 4 is 0 Å². The molecule has 0 aliphatic heterocycles. The SMILES string of the molecule is Cc1cnc(CNCc2cncn2C2CC2)cn1. The number of hydrogen-bond acceptors (Lipinski definition) is 4. The fraction of sp³-hybridized carbons (Fsp3) is 0.462. The fourth-order valence-electron chi connectivity index (χ4n) is 1.98. The Morgan fingerprint density at radius 3 is 2.83 bits per heavy atom. The molecule has 1 aliphatic rings. The standard InChI is InChI=1S/C13H17N5/c1-10-4-17-11(6-16-10)5-14-7-13-8-15-9-18(13)12-2-3-12/h4,6,8-9,12,14H,2-3,5,7H2,1H3. The van der Waals surface area contributed by atoms with Crippen molar-refractivity contribution in [3.63, 3.8) is 0 Å². The van der Waals surface area contributed by atoms with Crippen LogP contribution in [0.15, 0.2) is 24.9 Å². The zero-order chi connectivity index (χ0) is 12.4. The van der Waals surface area contributed by atoms with E-state index >= 15 is 0 Å². The first kappa shape index (κ1) is 11.3. The molecule has 0 amide bonds. The highest BCUT2D eigenvalue weighted by molar-refractivity contribution is 5.04. The Morgan fingerprint density at radius 2 is 2.11 bits per heavy atom. The van der Waals surface area contributed by atoms with Gasteiger partial charge in [-0.15, -0.1) is 0 Å². The van der Waals surface area contributed by atoms with Gasteiger partial charge in [-0.25, -0.2) is 4.98 Å². The highest BCUT2D eigenvalue weighted by Gasteiger charge is 2.24. The summed E-state index contributed by atoms with van der Waals surface area (Å²) in [7, 11) is 0. The summed E-state index contributed by atoms with van der Waals surface area (Å²) in [6.45, 7) is 3.51. The van der Waals surface area contributed by atoms with E-state index in [1.165, 1.54) is 18.5 Å². The molecule has 0 aromatic carbocycles. The van der Waals surface area contributed by atoms with Gasteiger partial charge in [-0.05, 0) is 19.8 Å². The van der Waals surface area contributed by atoms with E-state index in [-0.39, 0.29) is 0 Å². The molecule has 2 aromatic heterocycles. The van der Waals surface area contributed by atoms with E-state index < -0.39 is 0 Å². The number of imidazole rings is 1. The second-order valence-electron chi connectivity index (χ2n) is 4.78. The lowest BCUT2D eigenvalue weighted by Crippen LogP contribution is -2.16.